The molecule has 0 heterocycles. The van der Waals surface area contributed by atoms with Gasteiger partial charge in [-0.2, -0.15) is 11.8 Å². The Balaban J connectivity index is 1.63. The fourth-order valence-corrected chi connectivity index (χ4v) is 6.37. The lowest BCUT2D eigenvalue weighted by atomic mass is 9.56. The summed E-state index contributed by atoms with van der Waals surface area (Å²) in [6.45, 7) is 3.24. The predicted molar refractivity (Wildman–Crippen MR) is 71.6 cm³/mol. The van der Waals surface area contributed by atoms with Gasteiger partial charge in [0.2, 0.25) is 0 Å². The molecule has 4 bridgehead atoms. The minimum Gasteiger partial charge on any atom is -0.330 e. The Labute approximate surface area is 104 Å². The van der Waals surface area contributed by atoms with E-state index >= 15 is 0 Å². The highest BCUT2D eigenvalue weighted by Crippen LogP contribution is 2.57. The van der Waals surface area contributed by atoms with E-state index in [0.29, 0.717) is 0 Å². The van der Waals surface area contributed by atoms with Crippen LogP contribution in [0.4, 0.5) is 0 Å². The molecule has 1 atom stereocenters. The Morgan fingerprint density at radius 1 is 1.06 bits per heavy atom. The van der Waals surface area contributed by atoms with E-state index in [2.05, 4.69) is 18.7 Å². The molecule has 0 spiro atoms. The Hall–Kier alpha value is 0.310. The molecule has 0 aliphatic heterocycles. The molecular formula is C14H25NS. The van der Waals surface area contributed by atoms with Gasteiger partial charge in [-0.05, 0) is 68.7 Å². The van der Waals surface area contributed by atoms with Crippen LogP contribution in [-0.2, 0) is 0 Å². The van der Waals surface area contributed by atoms with E-state index in [1.54, 1.807) is 32.1 Å². The first-order chi connectivity index (χ1) is 7.76. The van der Waals surface area contributed by atoms with Crippen LogP contribution in [0.15, 0.2) is 0 Å². The molecule has 4 aliphatic carbocycles. The SMILES string of the molecule is CC(CCN)SC1C2CC3CC(C2)CC1C3. The molecule has 4 saturated carbocycles. The standard InChI is InChI=1S/C14H25NS/c1-9(2-3-15)16-14-12-5-10-4-11(7-12)8-13(14)6-10/h9-14H,2-8,15H2,1H3. The number of rotatable bonds is 4. The van der Waals surface area contributed by atoms with Gasteiger partial charge in [-0.25, -0.2) is 0 Å². The van der Waals surface area contributed by atoms with Crippen molar-refractivity contribution in [2.45, 2.75) is 55.9 Å². The molecule has 0 amide bonds. The van der Waals surface area contributed by atoms with Crippen molar-refractivity contribution in [3.63, 3.8) is 0 Å². The van der Waals surface area contributed by atoms with E-state index in [1.165, 1.54) is 6.42 Å². The highest BCUT2D eigenvalue weighted by atomic mass is 32.2. The van der Waals surface area contributed by atoms with E-state index in [1.807, 2.05) is 0 Å². The van der Waals surface area contributed by atoms with E-state index in [-0.39, 0.29) is 0 Å². The van der Waals surface area contributed by atoms with Crippen molar-refractivity contribution in [1.29, 1.82) is 0 Å². The minimum absolute atomic E-state index is 0.785. The van der Waals surface area contributed by atoms with Crippen molar-refractivity contribution in [2.75, 3.05) is 6.54 Å². The maximum absolute atomic E-state index is 5.67. The van der Waals surface area contributed by atoms with Crippen LogP contribution in [0.5, 0.6) is 0 Å². The first kappa shape index (κ1) is 11.4. The Morgan fingerprint density at radius 3 is 2.12 bits per heavy atom. The van der Waals surface area contributed by atoms with Crippen LogP contribution in [0, 0.1) is 23.7 Å². The zero-order chi connectivity index (χ0) is 11.1. The molecule has 2 N–H and O–H groups in total. The molecule has 2 heteroatoms. The molecule has 1 nitrogen and oxygen atoms in total. The van der Waals surface area contributed by atoms with Gasteiger partial charge in [0.1, 0.15) is 0 Å². The average Bonchev–Trinajstić information content (AvgIpc) is 2.23. The molecule has 92 valence electrons. The van der Waals surface area contributed by atoms with Crippen LogP contribution in [-0.4, -0.2) is 17.0 Å². The average molecular weight is 239 g/mol. The van der Waals surface area contributed by atoms with Crippen molar-refractivity contribution in [3.8, 4) is 0 Å². The second-order valence-corrected chi connectivity index (χ2v) is 8.04. The monoisotopic (exact) mass is 239 g/mol. The fraction of sp³-hybridized carbons (Fsp3) is 1.00. The maximum atomic E-state index is 5.67. The molecule has 4 rings (SSSR count). The minimum atomic E-state index is 0.785. The Bertz CT molecular complexity index is 225. The zero-order valence-electron chi connectivity index (χ0n) is 10.4. The van der Waals surface area contributed by atoms with Gasteiger partial charge in [-0.15, -0.1) is 0 Å². The Kier molecular flexibility index (Phi) is 3.23. The summed E-state index contributed by atoms with van der Waals surface area (Å²) >= 11 is 2.28. The molecule has 0 aromatic carbocycles. The molecule has 0 radical (unpaired) electrons. The van der Waals surface area contributed by atoms with Crippen LogP contribution in [0.25, 0.3) is 0 Å². The van der Waals surface area contributed by atoms with Gasteiger partial charge < -0.3 is 5.73 Å². The predicted octanol–water partition coefficient (Wildman–Crippen LogP) is 3.28. The molecule has 0 aromatic rings. The molecular weight excluding hydrogens is 214 g/mol. The molecule has 4 aliphatic rings. The first-order valence-corrected chi connectivity index (χ1v) is 8.06. The molecule has 0 aromatic heterocycles. The van der Waals surface area contributed by atoms with Gasteiger partial charge in [0.05, 0.1) is 0 Å². The van der Waals surface area contributed by atoms with E-state index < -0.39 is 0 Å². The molecule has 1 unspecified atom stereocenters. The van der Waals surface area contributed by atoms with Crippen LogP contribution in [0.1, 0.15) is 45.4 Å². The lowest BCUT2D eigenvalue weighted by Crippen LogP contribution is -2.47. The lowest BCUT2D eigenvalue weighted by Gasteiger charge is -2.54. The smallest absolute Gasteiger partial charge is 0.0107 e. The topological polar surface area (TPSA) is 26.0 Å². The van der Waals surface area contributed by atoms with Gasteiger partial charge in [0.15, 0.2) is 0 Å². The van der Waals surface area contributed by atoms with Crippen LogP contribution >= 0.6 is 11.8 Å². The Morgan fingerprint density at radius 2 is 1.62 bits per heavy atom. The summed E-state index contributed by atoms with van der Waals surface area (Å²) in [6.07, 6.45) is 9.00. The third-order valence-electron chi connectivity index (χ3n) is 5.10. The highest BCUT2D eigenvalue weighted by molar-refractivity contribution is 8.00. The summed E-state index contributed by atoms with van der Waals surface area (Å²) in [5.41, 5.74) is 5.67. The molecule has 16 heavy (non-hydrogen) atoms. The number of thioether (sulfide) groups is 1. The van der Waals surface area contributed by atoms with Gasteiger partial charge >= 0.3 is 0 Å². The van der Waals surface area contributed by atoms with Gasteiger partial charge in [0, 0.05) is 10.5 Å². The van der Waals surface area contributed by atoms with Gasteiger partial charge in [-0.1, -0.05) is 6.92 Å². The van der Waals surface area contributed by atoms with Crippen molar-refractivity contribution in [3.05, 3.63) is 0 Å². The second kappa shape index (κ2) is 4.53. The maximum Gasteiger partial charge on any atom is 0.0107 e. The number of hydrogen-bond donors (Lipinski definition) is 1. The lowest BCUT2D eigenvalue weighted by molar-refractivity contribution is 0.0265. The normalized spacial score (nSPS) is 47.2. The fourth-order valence-electron chi connectivity index (χ4n) is 4.67. The molecule has 0 saturated heterocycles. The van der Waals surface area contributed by atoms with E-state index in [4.69, 9.17) is 5.73 Å². The van der Waals surface area contributed by atoms with Gasteiger partial charge in [0.25, 0.3) is 0 Å². The summed E-state index contributed by atoms with van der Waals surface area (Å²) in [7, 11) is 0. The summed E-state index contributed by atoms with van der Waals surface area (Å²) < 4.78 is 0. The number of hydrogen-bond acceptors (Lipinski definition) is 2. The first-order valence-electron chi connectivity index (χ1n) is 7.11. The van der Waals surface area contributed by atoms with Crippen molar-refractivity contribution in [1.82, 2.24) is 0 Å². The number of nitrogens with two attached hydrogens (primary N) is 1. The third-order valence-corrected chi connectivity index (χ3v) is 6.89. The third kappa shape index (κ3) is 2.03. The summed E-state index contributed by atoms with van der Waals surface area (Å²) in [6, 6.07) is 0. The van der Waals surface area contributed by atoms with Crippen LogP contribution < -0.4 is 5.73 Å². The van der Waals surface area contributed by atoms with Crippen LogP contribution in [0.3, 0.4) is 0 Å². The second-order valence-electron chi connectivity index (χ2n) is 6.42. The van der Waals surface area contributed by atoms with Crippen LogP contribution in [0.2, 0.25) is 0 Å². The summed E-state index contributed by atoms with van der Waals surface area (Å²) in [5.74, 6) is 4.37. The highest BCUT2D eigenvalue weighted by Gasteiger charge is 2.48. The molecule has 4 fully saturated rings. The summed E-state index contributed by atoms with van der Waals surface area (Å²) in [5, 5.41) is 1.78. The summed E-state index contributed by atoms with van der Waals surface area (Å²) in [4.78, 5) is 0. The largest absolute Gasteiger partial charge is 0.330 e. The van der Waals surface area contributed by atoms with E-state index in [0.717, 1.165) is 40.7 Å². The van der Waals surface area contributed by atoms with Gasteiger partial charge in [-0.3, -0.25) is 0 Å². The van der Waals surface area contributed by atoms with Crippen molar-refractivity contribution >= 4 is 11.8 Å². The van der Waals surface area contributed by atoms with Crippen molar-refractivity contribution in [2.24, 2.45) is 29.4 Å². The van der Waals surface area contributed by atoms with E-state index in [9.17, 15) is 0 Å². The van der Waals surface area contributed by atoms with Crippen molar-refractivity contribution < 1.29 is 0 Å². The quantitative estimate of drug-likeness (QED) is 0.815. The zero-order valence-corrected chi connectivity index (χ0v) is 11.2.